The zero-order chi connectivity index (χ0) is 27.8. The van der Waals surface area contributed by atoms with E-state index in [1.165, 1.54) is 19.3 Å². The molecule has 1 saturated heterocycles. The molecule has 39 heavy (non-hydrogen) atoms. The van der Waals surface area contributed by atoms with E-state index in [0.29, 0.717) is 54.1 Å². The number of hydrogen-bond acceptors (Lipinski definition) is 7. The highest BCUT2D eigenvalue weighted by atomic mass is 35.5. The van der Waals surface area contributed by atoms with Crippen molar-refractivity contribution in [2.24, 2.45) is 0 Å². The van der Waals surface area contributed by atoms with Crippen LogP contribution in [0.1, 0.15) is 67.8 Å². The molecule has 0 unspecified atom stereocenters. The summed E-state index contributed by atoms with van der Waals surface area (Å²) < 4.78 is 23.0. The molecule has 0 spiro atoms. The van der Waals surface area contributed by atoms with Crippen molar-refractivity contribution in [3.05, 3.63) is 58.6 Å². The third-order valence-electron chi connectivity index (χ3n) is 7.63. The number of nitrogens with one attached hydrogen (secondary N) is 3. The molecule has 4 rings (SSSR count). The fraction of sp³-hybridized carbons (Fsp3) is 0.552. The summed E-state index contributed by atoms with van der Waals surface area (Å²) in [6.07, 6.45) is 7.02. The zero-order valence-electron chi connectivity index (χ0n) is 22.7. The van der Waals surface area contributed by atoms with E-state index < -0.39 is 22.9 Å². The number of carbonyl (C=O) groups excluding carboxylic acids is 1. The quantitative estimate of drug-likeness (QED) is 0.204. The molecule has 2 aromatic rings. The zero-order valence-corrected chi connectivity index (χ0v) is 24.3. The van der Waals surface area contributed by atoms with Crippen LogP contribution in [0.4, 0.5) is 11.4 Å². The van der Waals surface area contributed by atoms with E-state index in [9.17, 15) is 19.0 Å². The molecule has 2 atom stereocenters. The maximum absolute atomic E-state index is 13.7. The van der Waals surface area contributed by atoms with Gasteiger partial charge in [0.1, 0.15) is 0 Å². The van der Waals surface area contributed by atoms with Gasteiger partial charge in [-0.15, -0.1) is 10.8 Å². The van der Waals surface area contributed by atoms with Crippen LogP contribution in [0.5, 0.6) is 0 Å². The molecule has 1 amide bonds. The van der Waals surface area contributed by atoms with Crippen molar-refractivity contribution >= 4 is 39.7 Å². The lowest BCUT2D eigenvalue weighted by molar-refractivity contribution is 0.0821. The lowest BCUT2D eigenvalue weighted by Gasteiger charge is -2.47. The monoisotopic (exact) mass is 578 g/mol. The Labute approximate surface area is 239 Å². The molecule has 0 radical (unpaired) electrons. The Morgan fingerprint density at radius 2 is 1.87 bits per heavy atom. The third kappa shape index (κ3) is 8.25. The normalized spacial score (nSPS) is 20.2. The highest BCUT2D eigenvalue weighted by Crippen LogP contribution is 2.50. The molecule has 2 aromatic carbocycles. The van der Waals surface area contributed by atoms with Gasteiger partial charge in [-0.05, 0) is 68.9 Å². The molecule has 0 bridgehead atoms. The van der Waals surface area contributed by atoms with Gasteiger partial charge in [0.2, 0.25) is 0 Å². The average Bonchev–Trinajstić information content (AvgIpc) is 2.92. The van der Waals surface area contributed by atoms with E-state index in [-0.39, 0.29) is 5.91 Å². The first kappa shape index (κ1) is 30.0. The minimum atomic E-state index is -2.94. The summed E-state index contributed by atoms with van der Waals surface area (Å²) in [6.45, 7) is 3.51. The number of aliphatic hydroxyl groups is 1. The van der Waals surface area contributed by atoms with Gasteiger partial charge in [-0.1, -0.05) is 49.1 Å². The molecule has 1 saturated carbocycles. The highest BCUT2D eigenvalue weighted by Gasteiger charge is 2.29. The second kappa shape index (κ2) is 14.1. The van der Waals surface area contributed by atoms with Crippen LogP contribution >= 0.6 is 22.4 Å². The predicted molar refractivity (Wildman–Crippen MR) is 162 cm³/mol. The molecule has 8 nitrogen and oxygen atoms in total. The fourth-order valence-corrected chi connectivity index (χ4v) is 7.36. The van der Waals surface area contributed by atoms with Crippen LogP contribution < -0.4 is 20.3 Å². The van der Waals surface area contributed by atoms with E-state index in [0.717, 1.165) is 36.9 Å². The topological polar surface area (TPSA) is 117 Å². The first-order chi connectivity index (χ1) is 18.8. The maximum Gasteiger partial charge on any atom is 0.251 e. The number of carbonyl (C=O) groups is 1. The largest absolute Gasteiger partial charge is 0.390 e. The summed E-state index contributed by atoms with van der Waals surface area (Å²) in [5.74, 6) is -0.0154. The smallest absolute Gasteiger partial charge is 0.251 e. The summed E-state index contributed by atoms with van der Waals surface area (Å²) >= 11 is 6.45. The number of benzene rings is 2. The van der Waals surface area contributed by atoms with Crippen molar-refractivity contribution in [1.82, 2.24) is 10.6 Å². The van der Waals surface area contributed by atoms with E-state index in [2.05, 4.69) is 16.0 Å². The Bertz CT molecular complexity index is 1100. The first-order valence-corrected chi connectivity index (χ1v) is 16.2. The number of rotatable bonds is 11. The van der Waals surface area contributed by atoms with Gasteiger partial charge in [-0.2, -0.15) is 0 Å². The van der Waals surface area contributed by atoms with Crippen LogP contribution in [-0.4, -0.2) is 63.7 Å². The molecule has 1 aliphatic carbocycles. The Balaban J connectivity index is 1.56. The molecule has 2 fully saturated rings. The summed E-state index contributed by atoms with van der Waals surface area (Å²) in [6, 6.07) is 12.6. The van der Waals surface area contributed by atoms with Crippen molar-refractivity contribution in [3.63, 3.8) is 0 Å². The Morgan fingerprint density at radius 1 is 1.10 bits per heavy atom. The van der Waals surface area contributed by atoms with Gasteiger partial charge < -0.3 is 21.1 Å². The van der Waals surface area contributed by atoms with Crippen molar-refractivity contribution in [1.29, 1.82) is 0 Å². The minimum Gasteiger partial charge on any atom is -0.390 e. The van der Waals surface area contributed by atoms with Gasteiger partial charge in [0.25, 0.3) is 5.91 Å². The van der Waals surface area contributed by atoms with Gasteiger partial charge in [0, 0.05) is 41.9 Å². The van der Waals surface area contributed by atoms with Crippen LogP contribution in [-0.2, 0) is 6.42 Å². The van der Waals surface area contributed by atoms with Crippen LogP contribution in [0.15, 0.2) is 42.5 Å². The van der Waals surface area contributed by atoms with Crippen LogP contribution in [0.2, 0.25) is 5.02 Å². The fourth-order valence-electron chi connectivity index (χ4n) is 5.47. The average molecular weight is 579 g/mol. The predicted octanol–water partition coefficient (Wildman–Crippen LogP) is 5.66. The second-order valence-corrected chi connectivity index (χ2v) is 13.2. The van der Waals surface area contributed by atoms with Gasteiger partial charge in [-0.25, -0.2) is 0 Å². The van der Waals surface area contributed by atoms with E-state index in [4.69, 9.17) is 11.6 Å². The van der Waals surface area contributed by atoms with Crippen molar-refractivity contribution in [2.75, 3.05) is 35.0 Å². The van der Waals surface area contributed by atoms with Gasteiger partial charge in [0.15, 0.2) is 0 Å². The van der Waals surface area contributed by atoms with Crippen molar-refractivity contribution in [2.45, 2.75) is 76.5 Å². The molecule has 216 valence electrons. The van der Waals surface area contributed by atoms with Crippen molar-refractivity contribution < 1.29 is 19.0 Å². The molecule has 1 heterocycles. The number of aliphatic hydroxyl groups excluding tert-OH is 1. The molecule has 10 heteroatoms. The van der Waals surface area contributed by atoms with Gasteiger partial charge in [-0.3, -0.25) is 18.2 Å². The second-order valence-electron chi connectivity index (χ2n) is 10.6. The maximum atomic E-state index is 13.7. The Morgan fingerprint density at radius 3 is 2.59 bits per heavy atom. The van der Waals surface area contributed by atoms with Crippen molar-refractivity contribution in [3.8, 4) is 0 Å². The molecular formula is C29H43ClN4O4S. The van der Waals surface area contributed by atoms with E-state index in [1.807, 2.05) is 37.3 Å². The number of nitrogens with zero attached hydrogens (tertiary/aromatic N) is 1. The summed E-state index contributed by atoms with van der Waals surface area (Å²) in [5.41, 5.74) is 2.56. The number of anilines is 2. The summed E-state index contributed by atoms with van der Waals surface area (Å²) in [4.78, 5) is 13.7. The number of amides is 1. The summed E-state index contributed by atoms with van der Waals surface area (Å²) in [5, 5.41) is 21.7. The standard InChI is InChI=1S/C29H43ClN4O4S/c1-2-31-24-16-22(17-25(19-24)34-14-8-9-15-39(34,37)38)29(36)33-27(18-21-10-6-7-13-26(21)30)28(35)20-32-23-11-4-3-5-12-23/h6-7,10,13,16-17,19,23,27-28,31-32,35,37-38H,2-5,8-9,11-12,14-15,18,20H2,1H3,(H,33,36)/t27-,28+/m0/s1. The Kier molecular flexibility index (Phi) is 10.8. The highest BCUT2D eigenvalue weighted by molar-refractivity contribution is 8.25. The molecule has 2 aliphatic rings. The molecule has 1 aliphatic heterocycles. The van der Waals surface area contributed by atoms with Crippen LogP contribution in [0.3, 0.4) is 0 Å². The van der Waals surface area contributed by atoms with Crippen LogP contribution in [0.25, 0.3) is 0 Å². The lowest BCUT2D eigenvalue weighted by atomic mass is 9.94. The minimum absolute atomic E-state index is 0.320. The van der Waals surface area contributed by atoms with E-state index >= 15 is 0 Å². The molecular weight excluding hydrogens is 536 g/mol. The number of hydrogen-bond donors (Lipinski definition) is 6. The molecule has 0 aromatic heterocycles. The number of halogens is 1. The van der Waals surface area contributed by atoms with Gasteiger partial charge >= 0.3 is 0 Å². The van der Waals surface area contributed by atoms with Crippen LogP contribution in [0, 0.1) is 0 Å². The molecule has 6 N–H and O–H groups in total. The van der Waals surface area contributed by atoms with E-state index in [1.54, 1.807) is 16.4 Å². The third-order valence-corrected chi connectivity index (χ3v) is 9.94. The SMILES string of the molecule is CCNc1cc(C(=O)N[C@@H](Cc2ccccc2Cl)[C@H](O)CNC2CCCCC2)cc(N2CCCCS2(O)O)c1. The lowest BCUT2D eigenvalue weighted by Crippen LogP contribution is -2.50. The summed E-state index contributed by atoms with van der Waals surface area (Å²) in [7, 11) is -2.94. The van der Waals surface area contributed by atoms with Gasteiger partial charge in [0.05, 0.1) is 23.6 Å². The Hall–Kier alpha value is -2.01. The first-order valence-electron chi connectivity index (χ1n) is 14.1.